The van der Waals surface area contributed by atoms with Gasteiger partial charge in [-0.3, -0.25) is 0 Å². The molecule has 0 unspecified atom stereocenters. The van der Waals surface area contributed by atoms with E-state index in [0.717, 1.165) is 30.3 Å². The number of rotatable bonds is 9. The second kappa shape index (κ2) is 9.27. The second-order valence-corrected chi connectivity index (χ2v) is 6.64. The van der Waals surface area contributed by atoms with Gasteiger partial charge < -0.3 is 24.5 Å². The Hall–Kier alpha value is -3.29. The van der Waals surface area contributed by atoms with E-state index in [1.807, 2.05) is 22.9 Å². The summed E-state index contributed by atoms with van der Waals surface area (Å²) in [6.07, 6.45) is 5.06. The smallest absolute Gasteiger partial charge is 0.337 e. The van der Waals surface area contributed by atoms with Crippen LogP contribution in [0.1, 0.15) is 42.1 Å². The number of hydrogen-bond donors (Lipinski definition) is 1. The van der Waals surface area contributed by atoms with E-state index >= 15 is 0 Å². The third-order valence-electron chi connectivity index (χ3n) is 4.63. The summed E-state index contributed by atoms with van der Waals surface area (Å²) in [5.74, 6) is 0.837. The molecule has 8 nitrogen and oxygen atoms in total. The first-order valence-electron chi connectivity index (χ1n) is 9.57. The number of esters is 1. The number of fused-ring (bicyclic) bond motifs is 1. The maximum absolute atomic E-state index is 11.8. The number of unbranched alkanes of at least 4 members (excludes halogenated alkanes) is 2. The minimum absolute atomic E-state index is 0.181. The Morgan fingerprint density at radius 2 is 2.00 bits per heavy atom. The van der Waals surface area contributed by atoms with Crippen molar-refractivity contribution in [2.45, 2.75) is 32.7 Å². The SMILES string of the molecule is CCCCCOc1nc(N)nc2ccn(Cc3ccc(C(=O)OC)cc3OC)c12. The first-order valence-corrected chi connectivity index (χ1v) is 9.57. The number of nitrogens with zero attached hydrogens (tertiary/aromatic N) is 3. The average Bonchev–Trinajstić information content (AvgIpc) is 3.13. The van der Waals surface area contributed by atoms with Crippen LogP contribution in [-0.4, -0.2) is 41.3 Å². The summed E-state index contributed by atoms with van der Waals surface area (Å²) in [4.78, 5) is 20.4. The van der Waals surface area contributed by atoms with Crippen molar-refractivity contribution >= 4 is 23.0 Å². The van der Waals surface area contributed by atoms with Crippen LogP contribution in [0.2, 0.25) is 0 Å². The molecule has 0 aliphatic carbocycles. The molecule has 0 saturated carbocycles. The molecule has 2 N–H and O–H groups in total. The van der Waals surface area contributed by atoms with Crippen molar-refractivity contribution in [2.24, 2.45) is 0 Å². The molecule has 8 heteroatoms. The fraction of sp³-hybridized carbons (Fsp3) is 0.381. The summed E-state index contributed by atoms with van der Waals surface area (Å²) in [5, 5.41) is 0. The summed E-state index contributed by atoms with van der Waals surface area (Å²) >= 11 is 0. The number of ether oxygens (including phenoxy) is 3. The second-order valence-electron chi connectivity index (χ2n) is 6.64. The monoisotopic (exact) mass is 398 g/mol. The number of methoxy groups -OCH3 is 2. The number of aromatic nitrogens is 3. The molecule has 3 rings (SSSR count). The summed E-state index contributed by atoms with van der Waals surface area (Å²) in [7, 11) is 2.92. The highest BCUT2D eigenvalue weighted by atomic mass is 16.5. The zero-order chi connectivity index (χ0) is 20.8. The standard InChI is InChI=1S/C21H26N4O4/c1-4-5-6-11-29-19-18-16(23-21(22)24-19)9-10-25(18)13-15-8-7-14(20(26)28-3)12-17(15)27-2/h7-10,12H,4-6,11,13H2,1-3H3,(H2,22,23,24). The number of benzene rings is 1. The molecule has 2 aromatic heterocycles. The third-order valence-corrected chi connectivity index (χ3v) is 4.63. The minimum atomic E-state index is -0.409. The van der Waals surface area contributed by atoms with E-state index in [-0.39, 0.29) is 5.95 Å². The molecule has 154 valence electrons. The van der Waals surface area contributed by atoms with Gasteiger partial charge in [0, 0.05) is 11.8 Å². The Morgan fingerprint density at radius 1 is 1.17 bits per heavy atom. The molecule has 29 heavy (non-hydrogen) atoms. The molecular formula is C21H26N4O4. The van der Waals surface area contributed by atoms with Gasteiger partial charge in [0.2, 0.25) is 11.8 Å². The predicted octanol–water partition coefficient (Wildman–Crippen LogP) is 3.43. The van der Waals surface area contributed by atoms with E-state index < -0.39 is 5.97 Å². The molecule has 0 amide bonds. The predicted molar refractivity (Wildman–Crippen MR) is 110 cm³/mol. The normalized spacial score (nSPS) is 10.9. The van der Waals surface area contributed by atoms with E-state index in [9.17, 15) is 4.79 Å². The van der Waals surface area contributed by atoms with E-state index in [1.54, 1.807) is 19.2 Å². The molecule has 0 saturated heterocycles. The topological polar surface area (TPSA) is 101 Å². The Bertz CT molecular complexity index is 1000. The van der Waals surface area contributed by atoms with Gasteiger partial charge in [0.1, 0.15) is 11.3 Å². The summed E-state index contributed by atoms with van der Waals surface area (Å²) < 4.78 is 18.2. The number of nitrogen functional groups attached to an aromatic ring is 1. The molecule has 3 aromatic rings. The zero-order valence-electron chi connectivity index (χ0n) is 17.0. The Balaban J connectivity index is 1.93. The molecule has 2 heterocycles. The first kappa shape index (κ1) is 20.4. The largest absolute Gasteiger partial charge is 0.496 e. The van der Waals surface area contributed by atoms with Gasteiger partial charge in [0.05, 0.1) is 38.5 Å². The fourth-order valence-corrected chi connectivity index (χ4v) is 3.15. The highest BCUT2D eigenvalue weighted by molar-refractivity contribution is 5.90. The summed E-state index contributed by atoms with van der Waals surface area (Å²) in [5.41, 5.74) is 8.66. The Labute approximate surface area is 169 Å². The lowest BCUT2D eigenvalue weighted by Gasteiger charge is -2.13. The highest BCUT2D eigenvalue weighted by Gasteiger charge is 2.16. The molecule has 0 spiro atoms. The third kappa shape index (κ3) is 4.59. The van der Waals surface area contributed by atoms with E-state index in [1.165, 1.54) is 7.11 Å². The molecule has 0 aliphatic rings. The lowest BCUT2D eigenvalue weighted by Crippen LogP contribution is -2.08. The van der Waals surface area contributed by atoms with Crippen LogP contribution in [0.3, 0.4) is 0 Å². The molecular weight excluding hydrogens is 372 g/mol. The Kier molecular flexibility index (Phi) is 6.54. The molecule has 0 bridgehead atoms. The Morgan fingerprint density at radius 3 is 2.72 bits per heavy atom. The van der Waals surface area contributed by atoms with Crippen molar-refractivity contribution in [3.63, 3.8) is 0 Å². The highest BCUT2D eigenvalue weighted by Crippen LogP contribution is 2.28. The van der Waals surface area contributed by atoms with Gasteiger partial charge in [0.25, 0.3) is 0 Å². The quantitative estimate of drug-likeness (QED) is 0.435. The number of carbonyl (C=O) groups excluding carboxylic acids is 1. The van der Waals surface area contributed by atoms with Crippen LogP contribution in [0.5, 0.6) is 11.6 Å². The maximum Gasteiger partial charge on any atom is 0.337 e. The van der Waals surface area contributed by atoms with Crippen molar-refractivity contribution in [3.8, 4) is 11.6 Å². The molecule has 0 aliphatic heterocycles. The number of carbonyl (C=O) groups is 1. The number of hydrogen-bond acceptors (Lipinski definition) is 7. The van der Waals surface area contributed by atoms with Crippen molar-refractivity contribution in [2.75, 3.05) is 26.6 Å². The average molecular weight is 398 g/mol. The van der Waals surface area contributed by atoms with Gasteiger partial charge in [-0.25, -0.2) is 9.78 Å². The number of anilines is 1. The van der Waals surface area contributed by atoms with Crippen molar-refractivity contribution in [1.29, 1.82) is 0 Å². The van der Waals surface area contributed by atoms with Crippen LogP contribution in [-0.2, 0) is 11.3 Å². The number of nitrogens with two attached hydrogens (primary N) is 1. The van der Waals surface area contributed by atoms with Gasteiger partial charge in [-0.1, -0.05) is 25.8 Å². The maximum atomic E-state index is 11.8. The van der Waals surface area contributed by atoms with E-state index in [2.05, 4.69) is 16.9 Å². The lowest BCUT2D eigenvalue weighted by atomic mass is 10.1. The van der Waals surface area contributed by atoms with E-state index in [0.29, 0.717) is 35.9 Å². The zero-order valence-corrected chi connectivity index (χ0v) is 17.0. The molecule has 0 fully saturated rings. The van der Waals surface area contributed by atoms with Crippen LogP contribution in [0, 0.1) is 0 Å². The van der Waals surface area contributed by atoms with Crippen LogP contribution in [0.25, 0.3) is 11.0 Å². The van der Waals surface area contributed by atoms with Gasteiger partial charge >= 0.3 is 5.97 Å². The van der Waals surface area contributed by atoms with E-state index in [4.69, 9.17) is 19.9 Å². The first-order chi connectivity index (χ1) is 14.1. The van der Waals surface area contributed by atoms with Gasteiger partial charge in [-0.15, -0.1) is 0 Å². The molecule has 0 atom stereocenters. The summed E-state index contributed by atoms with van der Waals surface area (Å²) in [6.45, 7) is 3.21. The van der Waals surface area contributed by atoms with Crippen LogP contribution < -0.4 is 15.2 Å². The van der Waals surface area contributed by atoms with Crippen molar-refractivity contribution in [1.82, 2.24) is 14.5 Å². The lowest BCUT2D eigenvalue weighted by molar-refractivity contribution is 0.0600. The van der Waals surface area contributed by atoms with Crippen LogP contribution in [0.4, 0.5) is 5.95 Å². The fourth-order valence-electron chi connectivity index (χ4n) is 3.15. The van der Waals surface area contributed by atoms with Gasteiger partial charge in [0.15, 0.2) is 0 Å². The van der Waals surface area contributed by atoms with Crippen LogP contribution in [0.15, 0.2) is 30.5 Å². The van der Waals surface area contributed by atoms with Gasteiger partial charge in [-0.05, 0) is 24.6 Å². The van der Waals surface area contributed by atoms with Gasteiger partial charge in [-0.2, -0.15) is 4.98 Å². The van der Waals surface area contributed by atoms with Crippen molar-refractivity contribution in [3.05, 3.63) is 41.6 Å². The summed E-state index contributed by atoms with van der Waals surface area (Å²) in [6, 6.07) is 7.11. The van der Waals surface area contributed by atoms with Crippen LogP contribution >= 0.6 is 0 Å². The molecule has 1 aromatic carbocycles. The molecule has 0 radical (unpaired) electrons. The minimum Gasteiger partial charge on any atom is -0.496 e. The van der Waals surface area contributed by atoms with Crippen molar-refractivity contribution < 1.29 is 19.0 Å².